The number of likely N-dealkylation sites (tertiary alicyclic amines) is 1. The van der Waals surface area contributed by atoms with Crippen LogP contribution in [-0.2, 0) is 14.3 Å². The predicted molar refractivity (Wildman–Crippen MR) is 75.8 cm³/mol. The molecule has 0 spiro atoms. The average Bonchev–Trinajstić information content (AvgIpc) is 2.84. The Bertz CT molecular complexity index is 416. The van der Waals surface area contributed by atoms with Crippen LogP contribution in [0.1, 0.15) is 40.0 Å². The standard InChI is InChI=1S/C14H24N2O5/c1-14(2,3)10(8-11(17)18)15-13(20)16-7-5-6-9(16)12(19)21-4/h9-10H,5-8H2,1-4H3,(H,15,20)(H,17,18). The number of carbonyl (C=O) groups is 3. The molecule has 120 valence electrons. The van der Waals surface area contributed by atoms with E-state index < -0.39 is 35.5 Å². The first-order valence-corrected chi connectivity index (χ1v) is 7.03. The van der Waals surface area contributed by atoms with Crippen molar-refractivity contribution in [3.8, 4) is 0 Å². The fourth-order valence-electron chi connectivity index (χ4n) is 2.37. The molecule has 1 aliphatic heterocycles. The first kappa shape index (κ1) is 17.3. The number of carboxylic acids is 1. The van der Waals surface area contributed by atoms with Gasteiger partial charge >= 0.3 is 18.0 Å². The zero-order chi connectivity index (χ0) is 16.2. The van der Waals surface area contributed by atoms with E-state index in [1.807, 2.05) is 20.8 Å². The van der Waals surface area contributed by atoms with E-state index in [9.17, 15) is 14.4 Å². The molecule has 0 radical (unpaired) electrons. The molecule has 1 saturated heterocycles. The summed E-state index contributed by atoms with van der Waals surface area (Å²) in [6, 6.07) is -1.51. The molecule has 1 aliphatic rings. The minimum Gasteiger partial charge on any atom is -0.481 e. The summed E-state index contributed by atoms with van der Waals surface area (Å²) in [4.78, 5) is 36.3. The SMILES string of the molecule is COC(=O)C1CCCN1C(=O)NC(CC(=O)O)C(C)(C)C. The highest BCUT2D eigenvalue weighted by atomic mass is 16.5. The van der Waals surface area contributed by atoms with Crippen LogP contribution >= 0.6 is 0 Å². The first-order chi connectivity index (χ1) is 9.66. The number of hydrogen-bond acceptors (Lipinski definition) is 4. The van der Waals surface area contributed by atoms with Crippen molar-refractivity contribution in [3.05, 3.63) is 0 Å². The van der Waals surface area contributed by atoms with Crippen molar-refractivity contribution in [3.63, 3.8) is 0 Å². The maximum absolute atomic E-state index is 12.3. The van der Waals surface area contributed by atoms with Crippen molar-refractivity contribution < 1.29 is 24.2 Å². The Labute approximate surface area is 124 Å². The number of ether oxygens (including phenoxy) is 1. The summed E-state index contributed by atoms with van der Waals surface area (Å²) in [5, 5.41) is 11.7. The maximum atomic E-state index is 12.3. The van der Waals surface area contributed by atoms with E-state index in [0.717, 1.165) is 6.42 Å². The molecule has 21 heavy (non-hydrogen) atoms. The number of carbonyl (C=O) groups excluding carboxylic acids is 2. The molecule has 0 aromatic heterocycles. The van der Waals surface area contributed by atoms with Crippen LogP contribution in [0.25, 0.3) is 0 Å². The van der Waals surface area contributed by atoms with Gasteiger partial charge in [-0.25, -0.2) is 9.59 Å². The van der Waals surface area contributed by atoms with Crippen LogP contribution in [0.4, 0.5) is 4.79 Å². The largest absolute Gasteiger partial charge is 0.481 e. The lowest BCUT2D eigenvalue weighted by atomic mass is 9.85. The third-order valence-corrected chi connectivity index (χ3v) is 3.71. The van der Waals surface area contributed by atoms with Gasteiger partial charge in [0.2, 0.25) is 0 Å². The molecule has 0 aromatic carbocycles. The monoisotopic (exact) mass is 300 g/mol. The van der Waals surface area contributed by atoms with Crippen molar-refractivity contribution in [2.24, 2.45) is 5.41 Å². The number of rotatable bonds is 4. The van der Waals surface area contributed by atoms with Crippen molar-refractivity contribution in [2.45, 2.75) is 52.1 Å². The van der Waals surface area contributed by atoms with E-state index in [0.29, 0.717) is 13.0 Å². The van der Waals surface area contributed by atoms with Crippen molar-refractivity contribution in [1.82, 2.24) is 10.2 Å². The van der Waals surface area contributed by atoms with E-state index >= 15 is 0 Å². The fraction of sp³-hybridized carbons (Fsp3) is 0.786. The number of amides is 2. The van der Waals surface area contributed by atoms with Gasteiger partial charge < -0.3 is 20.1 Å². The van der Waals surface area contributed by atoms with Gasteiger partial charge in [0.05, 0.1) is 13.5 Å². The number of aliphatic carboxylic acids is 1. The summed E-state index contributed by atoms with van der Waals surface area (Å²) in [6.45, 7) is 6.06. The van der Waals surface area contributed by atoms with Gasteiger partial charge in [0.15, 0.2) is 0 Å². The van der Waals surface area contributed by atoms with Gasteiger partial charge in [-0.05, 0) is 18.3 Å². The number of methoxy groups -OCH3 is 1. The topological polar surface area (TPSA) is 95.9 Å². The van der Waals surface area contributed by atoms with Crippen molar-refractivity contribution >= 4 is 18.0 Å². The molecule has 2 N–H and O–H groups in total. The highest BCUT2D eigenvalue weighted by Crippen LogP contribution is 2.24. The van der Waals surface area contributed by atoms with Gasteiger partial charge in [0, 0.05) is 12.6 Å². The molecule has 2 atom stereocenters. The van der Waals surface area contributed by atoms with E-state index in [1.165, 1.54) is 12.0 Å². The molecule has 1 heterocycles. The van der Waals surface area contributed by atoms with Crippen LogP contribution in [-0.4, -0.2) is 53.7 Å². The molecule has 0 aromatic rings. The molecule has 0 aliphatic carbocycles. The van der Waals surface area contributed by atoms with Crippen molar-refractivity contribution in [1.29, 1.82) is 0 Å². The van der Waals surface area contributed by atoms with E-state index in [-0.39, 0.29) is 6.42 Å². The molecular formula is C14H24N2O5. The highest BCUT2D eigenvalue weighted by Gasteiger charge is 2.37. The molecule has 0 saturated carbocycles. The highest BCUT2D eigenvalue weighted by molar-refractivity contribution is 5.84. The van der Waals surface area contributed by atoms with E-state index in [1.54, 1.807) is 0 Å². The Kier molecular flexibility index (Phi) is 5.57. The number of nitrogens with zero attached hydrogens (tertiary/aromatic N) is 1. The third kappa shape index (κ3) is 4.61. The minimum atomic E-state index is -0.971. The number of esters is 1. The van der Waals surface area contributed by atoms with Gasteiger partial charge in [0.25, 0.3) is 0 Å². The van der Waals surface area contributed by atoms with E-state index in [2.05, 4.69) is 5.32 Å². The molecule has 0 bridgehead atoms. The van der Waals surface area contributed by atoms with Gasteiger partial charge in [-0.3, -0.25) is 4.79 Å². The second-order valence-corrected chi connectivity index (χ2v) is 6.34. The molecular weight excluding hydrogens is 276 g/mol. The van der Waals surface area contributed by atoms with Gasteiger partial charge in [-0.2, -0.15) is 0 Å². The zero-order valence-electron chi connectivity index (χ0n) is 13.0. The number of urea groups is 1. The Hall–Kier alpha value is -1.79. The van der Waals surface area contributed by atoms with Crippen LogP contribution in [0.2, 0.25) is 0 Å². The summed E-state index contributed by atoms with van der Waals surface area (Å²) < 4.78 is 4.70. The molecule has 7 nitrogen and oxygen atoms in total. The van der Waals surface area contributed by atoms with Crippen LogP contribution in [0.15, 0.2) is 0 Å². The molecule has 1 fully saturated rings. The lowest BCUT2D eigenvalue weighted by Gasteiger charge is -2.33. The lowest BCUT2D eigenvalue weighted by Crippen LogP contribution is -2.53. The Morgan fingerprint density at radius 1 is 1.38 bits per heavy atom. The van der Waals surface area contributed by atoms with Crippen LogP contribution in [0, 0.1) is 5.41 Å². The van der Waals surface area contributed by atoms with Crippen LogP contribution in [0.3, 0.4) is 0 Å². The first-order valence-electron chi connectivity index (χ1n) is 7.03. The molecule has 2 amide bonds. The number of nitrogens with one attached hydrogen (secondary N) is 1. The number of hydrogen-bond donors (Lipinski definition) is 2. The summed E-state index contributed by atoms with van der Waals surface area (Å²) in [5.74, 6) is -1.41. The van der Waals surface area contributed by atoms with E-state index in [4.69, 9.17) is 9.84 Å². The predicted octanol–water partition coefficient (Wildman–Crippen LogP) is 1.22. The second-order valence-electron chi connectivity index (χ2n) is 6.34. The Balaban J connectivity index is 2.77. The Morgan fingerprint density at radius 2 is 2.00 bits per heavy atom. The summed E-state index contributed by atoms with van der Waals surface area (Å²) in [5.41, 5.74) is -0.394. The smallest absolute Gasteiger partial charge is 0.328 e. The minimum absolute atomic E-state index is 0.161. The maximum Gasteiger partial charge on any atom is 0.328 e. The van der Waals surface area contributed by atoms with Crippen molar-refractivity contribution in [2.75, 3.05) is 13.7 Å². The zero-order valence-corrected chi connectivity index (χ0v) is 13.0. The number of carboxylic acid groups (broad SMARTS) is 1. The Morgan fingerprint density at radius 3 is 2.48 bits per heavy atom. The van der Waals surface area contributed by atoms with Gasteiger partial charge in [-0.1, -0.05) is 20.8 Å². The van der Waals surface area contributed by atoms with Gasteiger partial charge in [-0.15, -0.1) is 0 Å². The molecule has 7 heteroatoms. The second kappa shape index (κ2) is 6.78. The van der Waals surface area contributed by atoms with Gasteiger partial charge in [0.1, 0.15) is 6.04 Å². The molecule has 2 unspecified atom stereocenters. The summed E-state index contributed by atoms with van der Waals surface area (Å²) in [6.07, 6.45) is 1.14. The molecule has 1 rings (SSSR count). The normalized spacial score (nSPS) is 20.0. The summed E-state index contributed by atoms with van der Waals surface area (Å²) in [7, 11) is 1.29. The van der Waals surface area contributed by atoms with Crippen LogP contribution in [0.5, 0.6) is 0 Å². The quantitative estimate of drug-likeness (QED) is 0.761. The third-order valence-electron chi connectivity index (χ3n) is 3.71. The van der Waals surface area contributed by atoms with Crippen LogP contribution < -0.4 is 5.32 Å². The fourth-order valence-corrected chi connectivity index (χ4v) is 2.37. The lowest BCUT2D eigenvalue weighted by molar-refractivity contribution is -0.145. The summed E-state index contributed by atoms with van der Waals surface area (Å²) >= 11 is 0. The average molecular weight is 300 g/mol.